The van der Waals surface area contributed by atoms with Crippen molar-refractivity contribution in [3.05, 3.63) is 103 Å². The van der Waals surface area contributed by atoms with Gasteiger partial charge in [-0.1, -0.05) is 78.9 Å². The van der Waals surface area contributed by atoms with Crippen molar-refractivity contribution in [1.29, 1.82) is 0 Å². The van der Waals surface area contributed by atoms with Gasteiger partial charge < -0.3 is 23.5 Å². The molecule has 0 saturated carbocycles. The van der Waals surface area contributed by atoms with Crippen LogP contribution in [0.1, 0.15) is 0 Å². The van der Waals surface area contributed by atoms with Gasteiger partial charge in [0.2, 0.25) is 0 Å². The van der Waals surface area contributed by atoms with Gasteiger partial charge in [-0.3, -0.25) is 0 Å². The summed E-state index contributed by atoms with van der Waals surface area (Å²) in [5, 5.41) is 6.02. The molecular weight excluding hydrogens is 471 g/mol. The van der Waals surface area contributed by atoms with E-state index in [0.717, 1.165) is 49.4 Å². The molecule has 0 fully saturated rings. The van der Waals surface area contributed by atoms with E-state index in [2.05, 4.69) is 48.5 Å². The second-order valence-electron chi connectivity index (χ2n) is 8.07. The van der Waals surface area contributed by atoms with Crippen LogP contribution in [0.15, 0.2) is 103 Å². The Hall–Kier alpha value is -3.63. The molecule has 0 spiro atoms. The molecule has 0 aliphatic rings. The molecule has 5 nitrogen and oxygen atoms in total. The van der Waals surface area contributed by atoms with Crippen molar-refractivity contribution in [3.63, 3.8) is 0 Å². The number of methoxy groups -OCH3 is 2. The number of benzene rings is 5. The molecule has 0 radical (unpaired) electrons. The van der Waals surface area contributed by atoms with Gasteiger partial charge in [0, 0.05) is 25.0 Å². The molecule has 0 heterocycles. The Balaban J connectivity index is 1.75. The Kier molecular flexibility index (Phi) is 7.63. The maximum Gasteiger partial charge on any atom is 0.188 e. The lowest BCUT2D eigenvalue weighted by molar-refractivity contribution is 0.0529. The van der Waals surface area contributed by atoms with Gasteiger partial charge in [0.05, 0.1) is 10.6 Å². The number of hydrogen-bond acceptors (Lipinski definition) is 5. The average Bonchev–Trinajstić information content (AvgIpc) is 2.94. The van der Waals surface area contributed by atoms with Crippen molar-refractivity contribution in [2.45, 2.75) is 0 Å². The van der Waals surface area contributed by atoms with E-state index in [4.69, 9.17) is 23.5 Å². The Bertz CT molecular complexity index is 1360. The molecule has 5 rings (SSSR count). The number of ether oxygens (including phenoxy) is 4. The Morgan fingerprint density at radius 2 is 1.00 bits per heavy atom. The lowest BCUT2D eigenvalue weighted by Crippen LogP contribution is -2.21. The predicted octanol–water partition coefficient (Wildman–Crippen LogP) is 6.39. The molecule has 0 atom stereocenters. The van der Waals surface area contributed by atoms with E-state index in [9.17, 15) is 0 Å². The summed E-state index contributed by atoms with van der Waals surface area (Å²) in [4.78, 5) is 0. The standard InChI is InChI=1S/C30H27O5P/c1-31-20-33-29-25-14-8-6-10-22(25)16-18-27(29)36(35-24-12-4-3-5-13-24)28-19-17-23-11-7-9-15-26(23)30(28)34-21-32-2/h3-19H,20-21H2,1-2H3. The first-order valence-corrected chi connectivity index (χ1v) is 12.9. The average molecular weight is 499 g/mol. The molecule has 0 saturated heterocycles. The zero-order valence-corrected chi connectivity index (χ0v) is 21.1. The predicted molar refractivity (Wildman–Crippen MR) is 146 cm³/mol. The molecule has 0 bridgehead atoms. The molecule has 5 aromatic carbocycles. The lowest BCUT2D eigenvalue weighted by atomic mass is 10.1. The highest BCUT2D eigenvalue weighted by atomic mass is 31.1. The third kappa shape index (κ3) is 5.00. The van der Waals surface area contributed by atoms with Crippen LogP contribution in [0.25, 0.3) is 21.5 Å². The molecule has 0 N–H and O–H groups in total. The van der Waals surface area contributed by atoms with Crippen molar-refractivity contribution in [1.82, 2.24) is 0 Å². The minimum Gasteiger partial charge on any atom is -0.466 e. The molecule has 5 aromatic rings. The Morgan fingerprint density at radius 1 is 0.528 bits per heavy atom. The minimum atomic E-state index is -1.41. The first-order chi connectivity index (χ1) is 17.8. The second-order valence-corrected chi connectivity index (χ2v) is 9.81. The number of hydrogen-bond donors (Lipinski definition) is 0. The fraction of sp³-hybridized carbons (Fsp3) is 0.133. The van der Waals surface area contributed by atoms with Crippen molar-refractivity contribution in [2.24, 2.45) is 0 Å². The van der Waals surface area contributed by atoms with Gasteiger partial charge >= 0.3 is 0 Å². The van der Waals surface area contributed by atoms with Gasteiger partial charge in [-0.15, -0.1) is 0 Å². The van der Waals surface area contributed by atoms with Crippen molar-refractivity contribution < 1.29 is 23.5 Å². The molecule has 182 valence electrons. The van der Waals surface area contributed by atoms with E-state index in [1.165, 1.54) is 0 Å². The number of fused-ring (bicyclic) bond motifs is 2. The summed E-state index contributed by atoms with van der Waals surface area (Å²) in [6.07, 6.45) is 0. The monoisotopic (exact) mass is 498 g/mol. The Labute approximate surface area is 212 Å². The van der Waals surface area contributed by atoms with Crippen LogP contribution in [0.2, 0.25) is 0 Å². The summed E-state index contributed by atoms with van der Waals surface area (Å²) in [5.74, 6) is 2.24. The zero-order chi connectivity index (χ0) is 24.7. The van der Waals surface area contributed by atoms with Crippen molar-refractivity contribution >= 4 is 40.3 Å². The van der Waals surface area contributed by atoms with E-state index >= 15 is 0 Å². The largest absolute Gasteiger partial charge is 0.466 e. The lowest BCUT2D eigenvalue weighted by Gasteiger charge is -2.25. The van der Waals surface area contributed by atoms with Crippen LogP contribution in [0, 0.1) is 0 Å². The Morgan fingerprint density at radius 3 is 1.50 bits per heavy atom. The van der Waals surface area contributed by atoms with Gasteiger partial charge in [-0.25, -0.2) is 0 Å². The van der Waals surface area contributed by atoms with E-state index in [0.29, 0.717) is 0 Å². The summed E-state index contributed by atoms with van der Waals surface area (Å²) in [7, 11) is 1.83. The summed E-state index contributed by atoms with van der Waals surface area (Å²) < 4.78 is 29.7. The maximum atomic E-state index is 6.75. The van der Waals surface area contributed by atoms with E-state index in [1.807, 2.05) is 54.6 Å². The molecule has 0 aromatic heterocycles. The third-order valence-corrected chi connectivity index (χ3v) is 7.71. The molecule has 6 heteroatoms. The highest BCUT2D eigenvalue weighted by molar-refractivity contribution is 7.69. The summed E-state index contributed by atoms with van der Waals surface area (Å²) in [6, 6.07) is 34.5. The molecule has 36 heavy (non-hydrogen) atoms. The van der Waals surface area contributed by atoms with Gasteiger partial charge in [-0.05, 0) is 35.0 Å². The molecule has 0 aliphatic heterocycles. The van der Waals surface area contributed by atoms with Crippen LogP contribution in [0.5, 0.6) is 17.2 Å². The zero-order valence-electron chi connectivity index (χ0n) is 20.2. The minimum absolute atomic E-state index is 0.125. The van der Waals surface area contributed by atoms with Gasteiger partial charge in [0.15, 0.2) is 21.7 Å². The van der Waals surface area contributed by atoms with Crippen LogP contribution >= 0.6 is 8.15 Å². The van der Waals surface area contributed by atoms with Gasteiger partial charge in [0.25, 0.3) is 0 Å². The highest BCUT2D eigenvalue weighted by Gasteiger charge is 2.28. The van der Waals surface area contributed by atoms with Crippen LogP contribution in [-0.2, 0) is 9.47 Å². The van der Waals surface area contributed by atoms with Crippen LogP contribution in [-0.4, -0.2) is 27.8 Å². The highest BCUT2D eigenvalue weighted by Crippen LogP contribution is 2.45. The fourth-order valence-corrected chi connectivity index (χ4v) is 6.08. The van der Waals surface area contributed by atoms with Crippen molar-refractivity contribution in [3.8, 4) is 17.2 Å². The van der Waals surface area contributed by atoms with Crippen LogP contribution in [0.3, 0.4) is 0 Å². The molecule has 0 unspecified atom stereocenters. The first kappa shape index (κ1) is 24.1. The van der Waals surface area contributed by atoms with Crippen LogP contribution in [0.4, 0.5) is 0 Å². The van der Waals surface area contributed by atoms with Crippen LogP contribution < -0.4 is 24.6 Å². The van der Waals surface area contributed by atoms with Gasteiger partial charge in [0.1, 0.15) is 17.2 Å². The summed E-state index contributed by atoms with van der Waals surface area (Å²) in [6.45, 7) is 0.251. The fourth-order valence-electron chi connectivity index (χ4n) is 4.14. The smallest absolute Gasteiger partial charge is 0.188 e. The molecule has 0 aliphatic carbocycles. The molecular formula is C30H27O5P. The SMILES string of the molecule is COCOc1c(P(Oc2ccccc2)c2ccc3ccccc3c2OCOC)ccc2ccccc12. The first-order valence-electron chi connectivity index (χ1n) is 11.6. The quantitative estimate of drug-likeness (QED) is 0.165. The van der Waals surface area contributed by atoms with E-state index < -0.39 is 8.15 Å². The third-order valence-electron chi connectivity index (χ3n) is 5.74. The summed E-state index contributed by atoms with van der Waals surface area (Å²) in [5.41, 5.74) is 0. The van der Waals surface area contributed by atoms with E-state index in [1.54, 1.807) is 14.2 Å². The van der Waals surface area contributed by atoms with Gasteiger partial charge in [-0.2, -0.15) is 0 Å². The number of para-hydroxylation sites is 1. The number of rotatable bonds is 10. The topological polar surface area (TPSA) is 46.2 Å². The maximum absolute atomic E-state index is 6.75. The van der Waals surface area contributed by atoms with Crippen molar-refractivity contribution in [2.75, 3.05) is 27.8 Å². The van der Waals surface area contributed by atoms with E-state index in [-0.39, 0.29) is 13.6 Å². The summed E-state index contributed by atoms with van der Waals surface area (Å²) >= 11 is 0. The normalized spacial score (nSPS) is 11.2. The second kappa shape index (κ2) is 11.4. The molecule has 0 amide bonds.